The Morgan fingerprint density at radius 2 is 1.75 bits per heavy atom. The normalized spacial score (nSPS) is 14.9. The lowest BCUT2D eigenvalue weighted by atomic mass is 9.89. The maximum Gasteiger partial charge on any atom is 0.308 e. The molecule has 0 heterocycles. The van der Waals surface area contributed by atoms with Crippen LogP contribution in [0, 0.1) is 0 Å². The molecule has 0 N–H and O–H groups in total. The molecule has 0 aromatic carbocycles. The molecule has 1 rings (SSSR count). The number of Topliss-reactive ketones (excluding diaryl/α,β-unsaturated/α-hetero) is 1. The van der Waals surface area contributed by atoms with Crippen LogP contribution in [0.4, 0.5) is 0 Å². The van der Waals surface area contributed by atoms with Crippen molar-refractivity contribution >= 4 is 17.5 Å². The molecule has 0 aromatic rings. The zero-order chi connectivity index (χ0) is 21.1. The Hall–Kier alpha value is -2.23. The van der Waals surface area contributed by atoms with Gasteiger partial charge < -0.3 is 4.74 Å². The lowest BCUT2D eigenvalue weighted by Crippen LogP contribution is -2.22. The number of ether oxygens (including phenoxy) is 1. The SMILES string of the molecule is CCCCCCC1=CC(=O)C(CC=C(C)CCC=C(C)C)=C(OC(C)=O)C1=O. The lowest BCUT2D eigenvalue weighted by Gasteiger charge is -2.18. The summed E-state index contributed by atoms with van der Waals surface area (Å²) in [6.45, 7) is 9.51. The van der Waals surface area contributed by atoms with E-state index in [-0.39, 0.29) is 22.9 Å². The van der Waals surface area contributed by atoms with Gasteiger partial charge in [0.05, 0.1) is 5.57 Å². The molecule has 0 radical (unpaired) electrons. The molecule has 0 saturated carbocycles. The predicted octanol–water partition coefficient (Wildman–Crippen LogP) is 5.94. The third-order valence-corrected chi connectivity index (χ3v) is 4.67. The van der Waals surface area contributed by atoms with Gasteiger partial charge in [0.2, 0.25) is 5.78 Å². The fraction of sp³-hybridized carbons (Fsp3) is 0.542. The zero-order valence-electron chi connectivity index (χ0n) is 18.0. The molecule has 0 aromatic heterocycles. The largest absolute Gasteiger partial charge is 0.422 e. The number of rotatable bonds is 11. The number of allylic oxidation sites excluding steroid dienone is 7. The Labute approximate surface area is 169 Å². The molecule has 1 aliphatic carbocycles. The lowest BCUT2D eigenvalue weighted by molar-refractivity contribution is -0.140. The van der Waals surface area contributed by atoms with Crippen LogP contribution in [0.2, 0.25) is 0 Å². The van der Waals surface area contributed by atoms with Crippen LogP contribution in [0.5, 0.6) is 0 Å². The van der Waals surface area contributed by atoms with Gasteiger partial charge >= 0.3 is 5.97 Å². The molecule has 28 heavy (non-hydrogen) atoms. The number of ketones is 2. The summed E-state index contributed by atoms with van der Waals surface area (Å²) < 4.78 is 5.18. The van der Waals surface area contributed by atoms with Gasteiger partial charge in [-0.15, -0.1) is 0 Å². The van der Waals surface area contributed by atoms with Gasteiger partial charge in [0.1, 0.15) is 0 Å². The molecule has 0 fully saturated rings. The highest BCUT2D eigenvalue weighted by Crippen LogP contribution is 2.27. The molecule has 1 aliphatic rings. The van der Waals surface area contributed by atoms with Gasteiger partial charge in [-0.1, -0.05) is 49.5 Å². The van der Waals surface area contributed by atoms with Crippen LogP contribution in [0.25, 0.3) is 0 Å². The van der Waals surface area contributed by atoms with Crippen molar-refractivity contribution in [2.75, 3.05) is 0 Å². The summed E-state index contributed by atoms with van der Waals surface area (Å²) in [5, 5.41) is 0. The minimum Gasteiger partial charge on any atom is -0.422 e. The second kappa shape index (κ2) is 12.3. The van der Waals surface area contributed by atoms with E-state index in [0.717, 1.165) is 44.1 Å². The molecular weight excluding hydrogens is 352 g/mol. The van der Waals surface area contributed by atoms with Crippen molar-refractivity contribution < 1.29 is 19.1 Å². The minimum atomic E-state index is -0.579. The third kappa shape index (κ3) is 8.20. The molecule has 0 aliphatic heterocycles. The van der Waals surface area contributed by atoms with Gasteiger partial charge in [-0.3, -0.25) is 14.4 Å². The number of carbonyl (C=O) groups excluding carboxylic acids is 3. The van der Waals surface area contributed by atoms with Crippen molar-refractivity contribution in [3.05, 3.63) is 46.3 Å². The highest BCUT2D eigenvalue weighted by molar-refractivity contribution is 6.22. The smallest absolute Gasteiger partial charge is 0.308 e. The number of hydrogen-bond donors (Lipinski definition) is 0. The molecule has 0 spiro atoms. The topological polar surface area (TPSA) is 60.4 Å². The highest BCUT2D eigenvalue weighted by Gasteiger charge is 2.30. The second-order valence-corrected chi connectivity index (χ2v) is 7.65. The standard InChI is InChI=1S/C24H34O4/c1-6-7-8-9-13-20-16-22(26)21(24(23(20)27)28-19(5)25)15-14-18(4)12-10-11-17(2)3/h11,14,16H,6-10,12-13,15H2,1-5H3. The summed E-state index contributed by atoms with van der Waals surface area (Å²) in [7, 11) is 0. The number of esters is 1. The minimum absolute atomic E-state index is 0.0844. The highest BCUT2D eigenvalue weighted by atomic mass is 16.5. The Morgan fingerprint density at radius 3 is 2.36 bits per heavy atom. The maximum atomic E-state index is 12.8. The molecule has 4 nitrogen and oxygen atoms in total. The summed E-state index contributed by atoms with van der Waals surface area (Å²) in [5.74, 6) is -1.21. The Bertz CT molecular complexity index is 713. The van der Waals surface area contributed by atoms with Crippen molar-refractivity contribution in [2.45, 2.75) is 86.0 Å². The maximum absolute atomic E-state index is 12.8. The van der Waals surface area contributed by atoms with Crippen molar-refractivity contribution in [1.29, 1.82) is 0 Å². The first-order chi connectivity index (χ1) is 13.3. The van der Waals surface area contributed by atoms with E-state index in [0.29, 0.717) is 18.4 Å². The van der Waals surface area contributed by atoms with Gasteiger partial charge in [-0.25, -0.2) is 0 Å². The van der Waals surface area contributed by atoms with E-state index in [2.05, 4.69) is 26.8 Å². The molecule has 0 amide bonds. The van der Waals surface area contributed by atoms with Crippen molar-refractivity contribution in [2.24, 2.45) is 0 Å². The van der Waals surface area contributed by atoms with Crippen molar-refractivity contribution in [3.63, 3.8) is 0 Å². The fourth-order valence-electron chi connectivity index (χ4n) is 3.05. The van der Waals surface area contributed by atoms with E-state index in [4.69, 9.17) is 4.74 Å². The second-order valence-electron chi connectivity index (χ2n) is 7.65. The van der Waals surface area contributed by atoms with E-state index in [1.165, 1.54) is 18.6 Å². The van der Waals surface area contributed by atoms with Gasteiger partial charge in [-0.05, 0) is 59.0 Å². The van der Waals surface area contributed by atoms with E-state index >= 15 is 0 Å². The van der Waals surface area contributed by atoms with Crippen LogP contribution in [-0.4, -0.2) is 17.5 Å². The van der Waals surface area contributed by atoms with E-state index in [1.807, 2.05) is 13.0 Å². The fourth-order valence-corrected chi connectivity index (χ4v) is 3.05. The Morgan fingerprint density at radius 1 is 1.04 bits per heavy atom. The third-order valence-electron chi connectivity index (χ3n) is 4.67. The first kappa shape index (κ1) is 23.8. The van der Waals surface area contributed by atoms with E-state index in [9.17, 15) is 14.4 Å². The van der Waals surface area contributed by atoms with Gasteiger partial charge in [-0.2, -0.15) is 0 Å². The van der Waals surface area contributed by atoms with Crippen molar-refractivity contribution in [1.82, 2.24) is 0 Å². The number of carbonyl (C=O) groups is 3. The van der Waals surface area contributed by atoms with E-state index in [1.54, 1.807) is 0 Å². The summed E-state index contributed by atoms with van der Waals surface area (Å²) >= 11 is 0. The van der Waals surface area contributed by atoms with E-state index < -0.39 is 5.97 Å². The van der Waals surface area contributed by atoms with Crippen LogP contribution >= 0.6 is 0 Å². The predicted molar refractivity (Wildman–Crippen MR) is 113 cm³/mol. The van der Waals surface area contributed by atoms with Crippen LogP contribution in [-0.2, 0) is 19.1 Å². The van der Waals surface area contributed by atoms with Crippen LogP contribution in [0.3, 0.4) is 0 Å². The molecule has 0 bridgehead atoms. The number of unbranched alkanes of at least 4 members (excludes halogenated alkanes) is 3. The quantitative estimate of drug-likeness (QED) is 0.191. The molecule has 0 saturated heterocycles. The molecular formula is C24H34O4. The summed E-state index contributed by atoms with van der Waals surface area (Å²) in [5.41, 5.74) is 3.14. The molecule has 4 heteroatoms. The molecule has 154 valence electrons. The Balaban J connectivity index is 2.93. The monoisotopic (exact) mass is 386 g/mol. The molecule has 0 atom stereocenters. The average Bonchev–Trinajstić information content (AvgIpc) is 2.61. The van der Waals surface area contributed by atoms with Crippen LogP contribution in [0.15, 0.2) is 46.3 Å². The summed E-state index contributed by atoms with van der Waals surface area (Å²) in [4.78, 5) is 36.9. The summed E-state index contributed by atoms with van der Waals surface area (Å²) in [6.07, 6.45) is 12.3. The van der Waals surface area contributed by atoms with Gasteiger partial charge in [0.25, 0.3) is 0 Å². The van der Waals surface area contributed by atoms with Crippen LogP contribution < -0.4 is 0 Å². The average molecular weight is 387 g/mol. The van der Waals surface area contributed by atoms with Gasteiger partial charge in [0.15, 0.2) is 11.5 Å². The zero-order valence-corrected chi connectivity index (χ0v) is 18.0. The van der Waals surface area contributed by atoms with Gasteiger partial charge in [0, 0.05) is 12.5 Å². The van der Waals surface area contributed by atoms with Crippen molar-refractivity contribution in [3.8, 4) is 0 Å². The first-order valence-corrected chi connectivity index (χ1v) is 10.3. The Kier molecular flexibility index (Phi) is 10.4. The first-order valence-electron chi connectivity index (χ1n) is 10.3. The van der Waals surface area contributed by atoms with Crippen LogP contribution in [0.1, 0.15) is 86.0 Å². The number of hydrogen-bond acceptors (Lipinski definition) is 4. The summed E-state index contributed by atoms with van der Waals surface area (Å²) in [6, 6.07) is 0. The molecule has 0 unspecified atom stereocenters.